The zero-order valence-corrected chi connectivity index (χ0v) is 14.5. The number of nitriles is 1. The number of aryl methyl sites for hydroxylation is 2. The van der Waals surface area contributed by atoms with Crippen LogP contribution in [0.15, 0.2) is 30.3 Å². The van der Waals surface area contributed by atoms with E-state index >= 15 is 0 Å². The Hall–Kier alpha value is -2.74. The predicted molar refractivity (Wildman–Crippen MR) is 94.6 cm³/mol. The number of nitrogens with one attached hydrogen (secondary N) is 1. The van der Waals surface area contributed by atoms with Crippen molar-refractivity contribution < 1.29 is 9.72 Å². The van der Waals surface area contributed by atoms with Crippen LogP contribution in [0.5, 0.6) is 5.75 Å². The molecule has 0 spiro atoms. The van der Waals surface area contributed by atoms with E-state index in [0.29, 0.717) is 0 Å². The first-order chi connectivity index (χ1) is 11.6. The lowest BCUT2D eigenvalue weighted by molar-refractivity contribution is -0.374. The molecule has 2 heterocycles. The van der Waals surface area contributed by atoms with Gasteiger partial charge in [0.25, 0.3) is 5.82 Å². The topological polar surface area (TPSA) is 53.6 Å². The quantitative estimate of drug-likeness (QED) is 0.870. The van der Waals surface area contributed by atoms with Crippen molar-refractivity contribution in [3.63, 3.8) is 0 Å². The summed E-state index contributed by atoms with van der Waals surface area (Å²) in [4.78, 5) is 8.02. The van der Waals surface area contributed by atoms with Gasteiger partial charge in [0.2, 0.25) is 0 Å². The Morgan fingerprint density at radius 1 is 1.04 bits per heavy atom. The van der Waals surface area contributed by atoms with Gasteiger partial charge in [0.1, 0.15) is 30.5 Å². The van der Waals surface area contributed by atoms with E-state index in [0.717, 1.165) is 54.6 Å². The number of H-pyrrole nitrogens is 1. The Morgan fingerprint density at radius 2 is 1.67 bits per heavy atom. The molecule has 3 rings (SSSR count). The molecule has 0 unspecified atom stereocenters. The molecular formula is C19H23N4O+. The van der Waals surface area contributed by atoms with Crippen LogP contribution >= 0.6 is 0 Å². The van der Waals surface area contributed by atoms with Crippen LogP contribution in [0.25, 0.3) is 0 Å². The van der Waals surface area contributed by atoms with Crippen LogP contribution in [0.4, 0.5) is 11.5 Å². The Labute approximate surface area is 143 Å². The van der Waals surface area contributed by atoms with Gasteiger partial charge in [-0.2, -0.15) is 5.26 Å². The van der Waals surface area contributed by atoms with Crippen molar-refractivity contribution in [1.29, 1.82) is 5.26 Å². The lowest BCUT2D eigenvalue weighted by Crippen LogP contribution is -2.48. The number of hydrogen-bond acceptors (Lipinski definition) is 4. The molecule has 2 aromatic rings. The number of aromatic amines is 1. The second-order valence-corrected chi connectivity index (χ2v) is 6.14. The molecule has 1 saturated heterocycles. The minimum Gasteiger partial charge on any atom is -0.497 e. The summed E-state index contributed by atoms with van der Waals surface area (Å²) in [5.41, 5.74) is 4.07. The summed E-state index contributed by atoms with van der Waals surface area (Å²) in [6.45, 7) is 7.66. The number of benzene rings is 1. The lowest BCUT2D eigenvalue weighted by Gasteiger charge is -2.33. The average molecular weight is 323 g/mol. The molecule has 1 fully saturated rings. The number of hydrogen-bond donors (Lipinski definition) is 0. The maximum absolute atomic E-state index is 9.48. The summed E-state index contributed by atoms with van der Waals surface area (Å²) in [6.07, 6.45) is 0. The summed E-state index contributed by atoms with van der Waals surface area (Å²) in [6, 6.07) is 12.5. The molecule has 1 N–H and O–H groups in total. The van der Waals surface area contributed by atoms with Gasteiger partial charge in [0.15, 0.2) is 0 Å². The summed E-state index contributed by atoms with van der Waals surface area (Å²) < 4.78 is 5.22. The van der Waals surface area contributed by atoms with E-state index in [1.165, 1.54) is 5.69 Å². The van der Waals surface area contributed by atoms with E-state index in [2.05, 4.69) is 33.0 Å². The van der Waals surface area contributed by atoms with Crippen LogP contribution in [0.1, 0.15) is 16.8 Å². The van der Waals surface area contributed by atoms with Crippen LogP contribution in [0, 0.1) is 25.2 Å². The van der Waals surface area contributed by atoms with E-state index in [9.17, 15) is 5.26 Å². The fourth-order valence-corrected chi connectivity index (χ4v) is 3.23. The van der Waals surface area contributed by atoms with Crippen LogP contribution in [0.3, 0.4) is 0 Å². The van der Waals surface area contributed by atoms with Crippen molar-refractivity contribution in [2.75, 3.05) is 43.1 Å². The van der Waals surface area contributed by atoms with E-state index in [4.69, 9.17) is 4.74 Å². The monoisotopic (exact) mass is 323 g/mol. The molecule has 5 nitrogen and oxygen atoms in total. The second-order valence-electron chi connectivity index (χ2n) is 6.14. The van der Waals surface area contributed by atoms with Gasteiger partial charge in [0.05, 0.1) is 25.9 Å². The fraction of sp³-hybridized carbons (Fsp3) is 0.368. The van der Waals surface area contributed by atoms with Gasteiger partial charge in [-0.25, -0.2) is 4.98 Å². The highest BCUT2D eigenvalue weighted by Gasteiger charge is 2.27. The third-order valence-electron chi connectivity index (χ3n) is 4.52. The number of aromatic nitrogens is 1. The molecule has 24 heavy (non-hydrogen) atoms. The van der Waals surface area contributed by atoms with Gasteiger partial charge >= 0.3 is 0 Å². The van der Waals surface area contributed by atoms with Gasteiger partial charge in [0, 0.05) is 5.69 Å². The van der Waals surface area contributed by atoms with E-state index in [1.807, 2.05) is 32.0 Å². The van der Waals surface area contributed by atoms with Crippen molar-refractivity contribution in [1.82, 2.24) is 0 Å². The third kappa shape index (κ3) is 3.13. The largest absolute Gasteiger partial charge is 0.497 e. The molecular weight excluding hydrogens is 300 g/mol. The summed E-state index contributed by atoms with van der Waals surface area (Å²) >= 11 is 0. The van der Waals surface area contributed by atoms with E-state index in [1.54, 1.807) is 7.11 Å². The van der Waals surface area contributed by atoms with Crippen LogP contribution in [-0.2, 0) is 0 Å². The average Bonchev–Trinajstić information content (AvgIpc) is 2.61. The molecule has 0 amide bonds. The Morgan fingerprint density at radius 3 is 2.25 bits per heavy atom. The molecule has 5 heteroatoms. The highest BCUT2D eigenvalue weighted by Crippen LogP contribution is 2.23. The Kier molecular flexibility index (Phi) is 4.57. The first-order valence-electron chi connectivity index (χ1n) is 8.20. The zero-order valence-electron chi connectivity index (χ0n) is 14.5. The molecule has 1 aromatic heterocycles. The normalized spacial score (nSPS) is 14.4. The molecule has 0 atom stereocenters. The van der Waals surface area contributed by atoms with Crippen molar-refractivity contribution in [3.05, 3.63) is 47.2 Å². The molecule has 1 aliphatic rings. The molecule has 0 aliphatic carbocycles. The van der Waals surface area contributed by atoms with Crippen molar-refractivity contribution >= 4 is 11.5 Å². The third-order valence-corrected chi connectivity index (χ3v) is 4.52. The number of anilines is 2. The van der Waals surface area contributed by atoms with Crippen molar-refractivity contribution in [2.24, 2.45) is 0 Å². The lowest BCUT2D eigenvalue weighted by atomic mass is 10.1. The number of piperazine rings is 1. The van der Waals surface area contributed by atoms with Crippen molar-refractivity contribution in [2.45, 2.75) is 13.8 Å². The SMILES string of the molecule is COc1ccc(N2CCN(c3[nH+]c(C)cc(C)c3C#N)CC2)cc1. The minimum absolute atomic E-state index is 0.749. The minimum atomic E-state index is 0.749. The molecule has 124 valence electrons. The van der Waals surface area contributed by atoms with E-state index < -0.39 is 0 Å². The molecule has 1 aromatic carbocycles. The van der Waals surface area contributed by atoms with Crippen LogP contribution in [0.2, 0.25) is 0 Å². The number of ether oxygens (including phenoxy) is 1. The molecule has 0 saturated carbocycles. The van der Waals surface area contributed by atoms with Gasteiger partial charge < -0.3 is 9.64 Å². The first kappa shape index (κ1) is 16.1. The zero-order chi connectivity index (χ0) is 17.1. The Bertz CT molecular complexity index is 756. The number of rotatable bonds is 3. The summed E-state index contributed by atoms with van der Waals surface area (Å²) in [5.74, 6) is 1.82. The van der Waals surface area contributed by atoms with Crippen molar-refractivity contribution in [3.8, 4) is 11.8 Å². The highest BCUT2D eigenvalue weighted by atomic mass is 16.5. The number of methoxy groups -OCH3 is 1. The molecule has 0 bridgehead atoms. The molecule has 0 radical (unpaired) electrons. The highest BCUT2D eigenvalue weighted by molar-refractivity contribution is 5.56. The summed E-state index contributed by atoms with van der Waals surface area (Å²) in [7, 11) is 1.68. The maximum atomic E-state index is 9.48. The smallest absolute Gasteiger partial charge is 0.293 e. The van der Waals surface area contributed by atoms with Crippen LogP contribution in [-0.4, -0.2) is 33.3 Å². The molecule has 1 aliphatic heterocycles. The van der Waals surface area contributed by atoms with Gasteiger partial charge in [-0.05, 0) is 49.7 Å². The van der Waals surface area contributed by atoms with E-state index in [-0.39, 0.29) is 0 Å². The summed E-state index contributed by atoms with van der Waals surface area (Å²) in [5, 5.41) is 9.48. The first-order valence-corrected chi connectivity index (χ1v) is 8.20. The van der Waals surface area contributed by atoms with Gasteiger partial charge in [-0.1, -0.05) is 0 Å². The van der Waals surface area contributed by atoms with Gasteiger partial charge in [-0.3, -0.25) is 4.90 Å². The Balaban J connectivity index is 1.74. The number of nitrogens with zero attached hydrogens (tertiary/aromatic N) is 3. The predicted octanol–water partition coefficient (Wildman–Crippen LogP) is 2.32. The second kappa shape index (κ2) is 6.79. The number of pyridine rings is 1. The fourth-order valence-electron chi connectivity index (χ4n) is 3.23. The van der Waals surface area contributed by atoms with Gasteiger partial charge in [-0.15, -0.1) is 0 Å². The maximum Gasteiger partial charge on any atom is 0.293 e. The van der Waals surface area contributed by atoms with Crippen LogP contribution < -0.4 is 19.5 Å². The standard InChI is InChI=1S/C19H22N4O/c1-14-12-15(2)21-19(18(14)13-20)23-10-8-22(9-11-23)16-4-6-17(24-3)7-5-16/h4-7,12H,8-11H2,1-3H3/p+1.